The maximum absolute atomic E-state index is 4.49. The van der Waals surface area contributed by atoms with Crippen LogP contribution in [-0.4, -0.2) is 28.0 Å². The fourth-order valence-corrected chi connectivity index (χ4v) is 2.92. The summed E-state index contributed by atoms with van der Waals surface area (Å²) in [5.41, 5.74) is 0.795. The zero-order chi connectivity index (χ0) is 10.1. The van der Waals surface area contributed by atoms with Gasteiger partial charge in [-0.2, -0.15) is 0 Å². The van der Waals surface area contributed by atoms with Gasteiger partial charge in [-0.05, 0) is 25.4 Å². The van der Waals surface area contributed by atoms with Crippen LogP contribution in [0.4, 0.5) is 0 Å². The van der Waals surface area contributed by atoms with E-state index in [9.17, 15) is 0 Å². The minimum absolute atomic E-state index is 0.741. The van der Waals surface area contributed by atoms with Gasteiger partial charge in [0.05, 0.1) is 5.01 Å². The molecular formula is C10H12N4S. The molecule has 1 atom stereocenters. The summed E-state index contributed by atoms with van der Waals surface area (Å²) in [6.07, 6.45) is 5.75. The van der Waals surface area contributed by atoms with E-state index >= 15 is 0 Å². The third-order valence-corrected chi connectivity index (χ3v) is 3.69. The molecule has 2 aromatic rings. The largest absolute Gasteiger partial charge is 0.316 e. The van der Waals surface area contributed by atoms with Crippen LogP contribution in [0.5, 0.6) is 0 Å². The van der Waals surface area contributed by atoms with Crippen molar-refractivity contribution in [1.82, 2.24) is 20.3 Å². The number of thiazole rings is 1. The van der Waals surface area contributed by atoms with Crippen molar-refractivity contribution >= 4 is 21.8 Å². The number of hydrogen-bond donors (Lipinski definition) is 1. The van der Waals surface area contributed by atoms with E-state index in [0.29, 0.717) is 0 Å². The lowest BCUT2D eigenvalue weighted by molar-refractivity contribution is 0.579. The summed E-state index contributed by atoms with van der Waals surface area (Å²) in [7, 11) is 0. The lowest BCUT2D eigenvalue weighted by Gasteiger charge is -2.03. The highest BCUT2D eigenvalue weighted by Crippen LogP contribution is 2.22. The number of nitrogens with zero attached hydrogens (tertiary/aromatic N) is 3. The second-order valence-electron chi connectivity index (χ2n) is 3.86. The third kappa shape index (κ3) is 1.85. The second kappa shape index (κ2) is 3.83. The van der Waals surface area contributed by atoms with E-state index in [-0.39, 0.29) is 0 Å². The summed E-state index contributed by atoms with van der Waals surface area (Å²) in [6.45, 7) is 2.27. The summed E-state index contributed by atoms with van der Waals surface area (Å²) in [6, 6.07) is 0. The van der Waals surface area contributed by atoms with Crippen molar-refractivity contribution < 1.29 is 0 Å². The maximum Gasteiger partial charge on any atom is 0.189 e. The molecule has 0 aliphatic carbocycles. The fourth-order valence-electron chi connectivity index (χ4n) is 1.94. The molecule has 1 fully saturated rings. The van der Waals surface area contributed by atoms with Crippen molar-refractivity contribution in [2.24, 2.45) is 5.92 Å². The Kier molecular flexibility index (Phi) is 2.34. The zero-order valence-corrected chi connectivity index (χ0v) is 9.13. The molecule has 5 heteroatoms. The predicted molar refractivity (Wildman–Crippen MR) is 59.9 cm³/mol. The van der Waals surface area contributed by atoms with Crippen LogP contribution in [0.1, 0.15) is 11.4 Å². The topological polar surface area (TPSA) is 50.7 Å². The zero-order valence-electron chi connectivity index (χ0n) is 8.31. The monoisotopic (exact) mass is 220 g/mol. The maximum atomic E-state index is 4.49. The Labute approximate surface area is 91.8 Å². The van der Waals surface area contributed by atoms with Crippen molar-refractivity contribution in [3.8, 4) is 0 Å². The molecule has 1 aliphatic rings. The van der Waals surface area contributed by atoms with Crippen molar-refractivity contribution in [3.63, 3.8) is 0 Å². The molecule has 0 bridgehead atoms. The average molecular weight is 220 g/mol. The Balaban J connectivity index is 1.84. The number of hydrogen-bond acceptors (Lipinski definition) is 5. The average Bonchev–Trinajstić information content (AvgIpc) is 2.86. The van der Waals surface area contributed by atoms with E-state index in [1.807, 2.05) is 0 Å². The second-order valence-corrected chi connectivity index (χ2v) is 4.92. The van der Waals surface area contributed by atoms with Gasteiger partial charge in [0, 0.05) is 18.8 Å². The highest BCUT2D eigenvalue weighted by molar-refractivity contribution is 7.18. The molecule has 0 radical (unpaired) electrons. The first-order valence-corrected chi connectivity index (χ1v) is 6.00. The predicted octanol–water partition coefficient (Wildman–Crippen LogP) is 1.24. The molecule has 3 rings (SSSR count). The molecule has 78 valence electrons. The molecule has 15 heavy (non-hydrogen) atoms. The van der Waals surface area contributed by atoms with Gasteiger partial charge in [0.25, 0.3) is 0 Å². The van der Waals surface area contributed by atoms with E-state index in [1.54, 1.807) is 23.7 Å². The van der Waals surface area contributed by atoms with Gasteiger partial charge in [0.1, 0.15) is 0 Å². The summed E-state index contributed by atoms with van der Waals surface area (Å²) in [5.74, 6) is 0.741. The van der Waals surface area contributed by atoms with Crippen LogP contribution in [0, 0.1) is 5.92 Å². The van der Waals surface area contributed by atoms with Crippen LogP contribution in [-0.2, 0) is 6.42 Å². The Morgan fingerprint density at radius 3 is 3.13 bits per heavy atom. The Hall–Kier alpha value is -1.07. The van der Waals surface area contributed by atoms with Gasteiger partial charge in [-0.25, -0.2) is 15.0 Å². The molecule has 1 saturated heterocycles. The van der Waals surface area contributed by atoms with Gasteiger partial charge in [-0.1, -0.05) is 11.3 Å². The van der Waals surface area contributed by atoms with E-state index in [1.165, 1.54) is 11.4 Å². The molecule has 1 N–H and O–H groups in total. The van der Waals surface area contributed by atoms with E-state index in [4.69, 9.17) is 0 Å². The van der Waals surface area contributed by atoms with Crippen LogP contribution < -0.4 is 5.32 Å². The van der Waals surface area contributed by atoms with Crippen LogP contribution in [0.3, 0.4) is 0 Å². The number of nitrogens with one attached hydrogen (secondary N) is 1. The summed E-state index contributed by atoms with van der Waals surface area (Å²) in [4.78, 5) is 13.9. The van der Waals surface area contributed by atoms with Gasteiger partial charge >= 0.3 is 0 Å². The quantitative estimate of drug-likeness (QED) is 0.827. The van der Waals surface area contributed by atoms with Crippen LogP contribution in [0.15, 0.2) is 12.4 Å². The highest BCUT2D eigenvalue weighted by Gasteiger charge is 2.17. The van der Waals surface area contributed by atoms with Gasteiger partial charge in [-0.3, -0.25) is 0 Å². The molecule has 0 spiro atoms. The van der Waals surface area contributed by atoms with Gasteiger partial charge < -0.3 is 5.32 Å². The molecule has 3 heterocycles. The Bertz CT molecular complexity index is 428. The minimum Gasteiger partial charge on any atom is -0.316 e. The van der Waals surface area contributed by atoms with Gasteiger partial charge in [0.15, 0.2) is 10.5 Å². The lowest BCUT2D eigenvalue weighted by Crippen LogP contribution is -2.10. The standard InChI is InChI=1S/C10H12N4S/c1-2-11-6-7(1)5-8-14-9-10(15-8)13-4-3-12-9/h3-4,7,11H,1-2,5-6H2. The molecule has 2 aromatic heterocycles. The highest BCUT2D eigenvalue weighted by atomic mass is 32.1. The molecule has 1 unspecified atom stereocenters. The number of rotatable bonds is 2. The Morgan fingerprint density at radius 2 is 2.33 bits per heavy atom. The summed E-state index contributed by atoms with van der Waals surface area (Å²) >= 11 is 1.67. The number of fused-ring (bicyclic) bond motifs is 1. The van der Waals surface area contributed by atoms with Crippen LogP contribution in [0.2, 0.25) is 0 Å². The van der Waals surface area contributed by atoms with Gasteiger partial charge in [0.2, 0.25) is 0 Å². The van der Waals surface area contributed by atoms with Gasteiger partial charge in [-0.15, -0.1) is 0 Å². The minimum atomic E-state index is 0.741. The number of aromatic nitrogens is 3. The first-order chi connectivity index (χ1) is 7.42. The molecule has 0 aromatic carbocycles. The van der Waals surface area contributed by atoms with E-state index in [2.05, 4.69) is 20.3 Å². The molecule has 1 aliphatic heterocycles. The smallest absolute Gasteiger partial charge is 0.189 e. The van der Waals surface area contributed by atoms with Crippen molar-refractivity contribution in [2.75, 3.05) is 13.1 Å². The van der Waals surface area contributed by atoms with Crippen LogP contribution in [0.25, 0.3) is 10.5 Å². The van der Waals surface area contributed by atoms with Crippen molar-refractivity contribution in [1.29, 1.82) is 0 Å². The lowest BCUT2D eigenvalue weighted by atomic mass is 10.1. The van der Waals surface area contributed by atoms with Crippen molar-refractivity contribution in [2.45, 2.75) is 12.8 Å². The van der Waals surface area contributed by atoms with E-state index < -0.39 is 0 Å². The van der Waals surface area contributed by atoms with E-state index in [0.717, 1.165) is 35.9 Å². The van der Waals surface area contributed by atoms with Crippen molar-refractivity contribution in [3.05, 3.63) is 17.4 Å². The first-order valence-electron chi connectivity index (χ1n) is 5.19. The first kappa shape index (κ1) is 9.18. The summed E-state index contributed by atoms with van der Waals surface area (Å²) < 4.78 is 0. The molecule has 4 nitrogen and oxygen atoms in total. The van der Waals surface area contributed by atoms with Crippen LogP contribution >= 0.6 is 11.3 Å². The summed E-state index contributed by atoms with van der Waals surface area (Å²) in [5, 5.41) is 4.54. The molecular weight excluding hydrogens is 208 g/mol. The normalized spacial score (nSPS) is 21.2. The molecule has 0 saturated carbocycles. The third-order valence-electron chi connectivity index (χ3n) is 2.72. The SMILES string of the molecule is c1cnc2sc(CC3CCNC3)nc2n1. The molecule has 0 amide bonds. The Morgan fingerprint density at radius 1 is 1.40 bits per heavy atom. The fraction of sp³-hybridized carbons (Fsp3) is 0.500.